The van der Waals surface area contributed by atoms with E-state index in [1.54, 1.807) is 10.6 Å². The molecule has 0 unspecified atom stereocenters. The van der Waals surface area contributed by atoms with Crippen LogP contribution in [0.5, 0.6) is 0 Å². The van der Waals surface area contributed by atoms with E-state index in [-0.39, 0.29) is 16.3 Å². The second-order valence-corrected chi connectivity index (χ2v) is 7.44. The summed E-state index contributed by atoms with van der Waals surface area (Å²) in [6.07, 6.45) is 2.03. The van der Waals surface area contributed by atoms with E-state index in [0.29, 0.717) is 30.9 Å². The van der Waals surface area contributed by atoms with Crippen LogP contribution in [-0.4, -0.2) is 35.2 Å². The normalized spacial score (nSPS) is 17.6. The quantitative estimate of drug-likeness (QED) is 0.494. The Balaban J connectivity index is 1.92. The fourth-order valence-electron chi connectivity index (χ4n) is 3.34. The molecular weight excluding hydrogens is 423 g/mol. The molecule has 3 heterocycles. The number of nitrogens with one attached hydrogen (secondary N) is 1. The highest BCUT2D eigenvalue weighted by molar-refractivity contribution is 9.10. The minimum Gasteiger partial charge on any atom is -0.375 e. The zero-order valence-electron chi connectivity index (χ0n) is 14.5. The van der Waals surface area contributed by atoms with Crippen LogP contribution in [0.1, 0.15) is 11.3 Å². The maximum Gasteiger partial charge on any atom is 0.173 e. The molecule has 27 heavy (non-hydrogen) atoms. The second-order valence-electron chi connectivity index (χ2n) is 6.58. The molecule has 0 aliphatic carbocycles. The lowest BCUT2D eigenvalue weighted by atomic mass is 10.0. The molecule has 1 saturated heterocycles. The van der Waals surface area contributed by atoms with Gasteiger partial charge in [-0.15, -0.1) is 0 Å². The lowest BCUT2D eigenvalue weighted by Crippen LogP contribution is -2.39. The Morgan fingerprint density at radius 1 is 1.30 bits per heavy atom. The molecule has 1 atom stereocenters. The highest BCUT2D eigenvalue weighted by atomic mass is 79.9. The first-order valence-electron chi connectivity index (χ1n) is 8.59. The van der Waals surface area contributed by atoms with E-state index in [0.717, 1.165) is 18.2 Å². The minimum atomic E-state index is -1.26. The van der Waals surface area contributed by atoms with Crippen molar-refractivity contribution in [1.29, 1.82) is 0 Å². The summed E-state index contributed by atoms with van der Waals surface area (Å²) < 4.78 is 50.6. The Labute approximate surface area is 162 Å². The Morgan fingerprint density at radius 3 is 2.85 bits per heavy atom. The number of hydrogen-bond donors (Lipinski definition) is 1. The van der Waals surface area contributed by atoms with E-state index in [4.69, 9.17) is 4.74 Å². The van der Waals surface area contributed by atoms with Gasteiger partial charge in [0, 0.05) is 25.7 Å². The highest BCUT2D eigenvalue weighted by Gasteiger charge is 2.27. The van der Waals surface area contributed by atoms with E-state index >= 15 is 0 Å². The summed E-state index contributed by atoms with van der Waals surface area (Å²) >= 11 is 2.84. The van der Waals surface area contributed by atoms with Gasteiger partial charge in [-0.2, -0.15) is 0 Å². The van der Waals surface area contributed by atoms with Crippen molar-refractivity contribution in [2.24, 2.45) is 0 Å². The summed E-state index contributed by atoms with van der Waals surface area (Å²) in [5, 5.41) is 3.23. The molecule has 0 saturated carbocycles. The smallest absolute Gasteiger partial charge is 0.173 e. The average Bonchev–Trinajstić information content (AvgIpc) is 2.98. The van der Waals surface area contributed by atoms with Gasteiger partial charge >= 0.3 is 0 Å². The summed E-state index contributed by atoms with van der Waals surface area (Å²) in [5.41, 5.74) is 1.72. The van der Waals surface area contributed by atoms with Crippen molar-refractivity contribution < 1.29 is 17.9 Å². The number of nitrogens with zero attached hydrogens (tertiary/aromatic N) is 2. The fraction of sp³-hybridized carbons (Fsp3) is 0.316. The number of rotatable bonds is 3. The lowest BCUT2D eigenvalue weighted by Gasteiger charge is -2.24. The molecule has 0 radical (unpaired) electrons. The average molecular weight is 440 g/mol. The summed E-state index contributed by atoms with van der Waals surface area (Å²) in [4.78, 5) is 4.43. The number of aromatic nitrogens is 2. The molecule has 142 valence electrons. The number of morpholine rings is 1. The number of aryl methyl sites for hydroxylation is 1. The van der Waals surface area contributed by atoms with Crippen molar-refractivity contribution in [2.75, 3.05) is 19.7 Å². The summed E-state index contributed by atoms with van der Waals surface area (Å²) in [7, 11) is 0. The van der Waals surface area contributed by atoms with E-state index < -0.39 is 23.0 Å². The van der Waals surface area contributed by atoms with Gasteiger partial charge < -0.3 is 14.5 Å². The molecule has 1 aromatic carbocycles. The van der Waals surface area contributed by atoms with E-state index in [9.17, 15) is 13.2 Å². The molecule has 2 aromatic heterocycles. The van der Waals surface area contributed by atoms with Gasteiger partial charge in [0.15, 0.2) is 11.6 Å². The predicted molar refractivity (Wildman–Crippen MR) is 99.3 cm³/mol. The predicted octanol–water partition coefficient (Wildman–Crippen LogP) is 4.02. The van der Waals surface area contributed by atoms with Crippen LogP contribution in [0.3, 0.4) is 0 Å². The van der Waals surface area contributed by atoms with Gasteiger partial charge in [0.25, 0.3) is 0 Å². The fourth-order valence-corrected chi connectivity index (χ4v) is 3.72. The zero-order valence-corrected chi connectivity index (χ0v) is 16.1. The Bertz CT molecular complexity index is 1020. The third-order valence-corrected chi connectivity index (χ3v) is 5.23. The number of pyridine rings is 1. The first-order chi connectivity index (χ1) is 13.0. The van der Waals surface area contributed by atoms with Gasteiger partial charge in [0.05, 0.1) is 34.1 Å². The molecule has 4 nitrogen and oxygen atoms in total. The summed E-state index contributed by atoms with van der Waals surface area (Å²) in [6.45, 7) is 3.85. The maximum atomic E-state index is 14.6. The van der Waals surface area contributed by atoms with Crippen molar-refractivity contribution in [3.63, 3.8) is 0 Å². The molecule has 0 bridgehead atoms. The van der Waals surface area contributed by atoms with Crippen molar-refractivity contribution in [3.05, 3.63) is 57.6 Å². The summed E-state index contributed by atoms with van der Waals surface area (Å²) in [5.74, 6) is -3.27. The van der Waals surface area contributed by atoms with E-state index in [1.807, 2.05) is 19.1 Å². The molecule has 8 heteroatoms. The number of imidazole rings is 1. The van der Waals surface area contributed by atoms with E-state index in [2.05, 4.69) is 26.2 Å². The van der Waals surface area contributed by atoms with Crippen LogP contribution >= 0.6 is 15.9 Å². The maximum absolute atomic E-state index is 14.6. The van der Waals surface area contributed by atoms with Gasteiger partial charge in [-0.25, -0.2) is 18.2 Å². The molecule has 3 aromatic rings. The first kappa shape index (κ1) is 18.5. The topological polar surface area (TPSA) is 38.6 Å². The summed E-state index contributed by atoms with van der Waals surface area (Å²) in [6, 6.07) is 4.63. The van der Waals surface area contributed by atoms with Gasteiger partial charge in [0.1, 0.15) is 11.5 Å². The molecule has 1 fully saturated rings. The number of benzene rings is 1. The van der Waals surface area contributed by atoms with E-state index in [1.165, 1.54) is 0 Å². The lowest BCUT2D eigenvalue weighted by molar-refractivity contribution is 0.0286. The minimum absolute atomic E-state index is 0.0937. The van der Waals surface area contributed by atoms with Crippen molar-refractivity contribution in [1.82, 2.24) is 14.7 Å². The van der Waals surface area contributed by atoms with Crippen molar-refractivity contribution >= 4 is 21.6 Å². The molecule has 1 aliphatic rings. The number of fused-ring (bicyclic) bond motifs is 1. The molecule has 1 N–H and O–H groups in total. The Morgan fingerprint density at radius 2 is 2.11 bits per heavy atom. The van der Waals surface area contributed by atoms with Gasteiger partial charge in [0.2, 0.25) is 0 Å². The van der Waals surface area contributed by atoms with Crippen LogP contribution < -0.4 is 5.32 Å². The van der Waals surface area contributed by atoms with Gasteiger partial charge in [-0.05, 0) is 46.6 Å². The molecule has 0 amide bonds. The van der Waals surface area contributed by atoms with Gasteiger partial charge in [-0.3, -0.25) is 0 Å². The number of hydrogen-bond acceptors (Lipinski definition) is 3. The Hall–Kier alpha value is -1.90. The van der Waals surface area contributed by atoms with Crippen LogP contribution in [0.2, 0.25) is 0 Å². The zero-order chi connectivity index (χ0) is 19.1. The van der Waals surface area contributed by atoms with Crippen LogP contribution in [0, 0.1) is 24.4 Å². The number of ether oxygens (including phenoxy) is 1. The van der Waals surface area contributed by atoms with Crippen LogP contribution in [0.15, 0.2) is 28.9 Å². The molecule has 4 rings (SSSR count). The van der Waals surface area contributed by atoms with Crippen molar-refractivity contribution in [3.8, 4) is 11.3 Å². The molecule has 1 aliphatic heterocycles. The first-order valence-corrected chi connectivity index (χ1v) is 9.38. The molecular formula is C19H17BrF3N3O. The Kier molecular flexibility index (Phi) is 4.96. The third kappa shape index (κ3) is 3.37. The monoisotopic (exact) mass is 439 g/mol. The SMILES string of the molecule is Cc1ccn2c(C[C@H]3CNCCO3)c(-c3c(F)cc(Br)c(F)c3F)nc2c1. The van der Waals surface area contributed by atoms with Gasteiger partial charge in [-0.1, -0.05) is 0 Å². The molecule has 0 spiro atoms. The van der Waals surface area contributed by atoms with Crippen LogP contribution in [0.4, 0.5) is 13.2 Å². The standard InChI is InChI=1S/C19H17BrF3N3O/c1-10-2-4-26-14(7-11-9-24-3-5-27-11)19(25-15(26)6-10)16-13(21)8-12(20)17(22)18(16)23/h2,4,6,8,11,24H,3,5,7,9H2,1H3/t11-/m0/s1. The van der Waals surface area contributed by atoms with Crippen LogP contribution in [0.25, 0.3) is 16.9 Å². The third-order valence-electron chi connectivity index (χ3n) is 4.66. The highest BCUT2D eigenvalue weighted by Crippen LogP contribution is 2.34. The number of halogens is 4. The second kappa shape index (κ2) is 7.26. The van der Waals surface area contributed by atoms with Crippen LogP contribution in [-0.2, 0) is 11.2 Å². The largest absolute Gasteiger partial charge is 0.375 e. The van der Waals surface area contributed by atoms with Crippen molar-refractivity contribution in [2.45, 2.75) is 19.4 Å².